The third-order valence-electron chi connectivity index (χ3n) is 2.50. The molecule has 0 bridgehead atoms. The summed E-state index contributed by atoms with van der Waals surface area (Å²) in [5, 5.41) is 22.9. The van der Waals surface area contributed by atoms with E-state index in [2.05, 4.69) is 21.2 Å². The fourth-order valence-electron chi connectivity index (χ4n) is 1.56. The lowest BCUT2D eigenvalue weighted by Crippen LogP contribution is -2.38. The largest absolute Gasteiger partial charge is 0.444 e. The SMILES string of the molecule is CC(C)(C)OC(=O)NCC(O)C(O)c1cc(Cl)ccc1Br. The van der Waals surface area contributed by atoms with E-state index in [1.807, 2.05) is 0 Å². The first kappa shape index (κ1) is 18.2. The van der Waals surface area contributed by atoms with Gasteiger partial charge in [0.05, 0.1) is 0 Å². The molecule has 21 heavy (non-hydrogen) atoms. The first-order valence-electron chi connectivity index (χ1n) is 6.38. The molecule has 0 saturated heterocycles. The third-order valence-corrected chi connectivity index (χ3v) is 3.45. The summed E-state index contributed by atoms with van der Waals surface area (Å²) in [6, 6.07) is 4.88. The number of amides is 1. The number of ether oxygens (including phenoxy) is 1. The Bertz CT molecular complexity index is 504. The summed E-state index contributed by atoms with van der Waals surface area (Å²) in [7, 11) is 0. The second kappa shape index (κ2) is 7.45. The van der Waals surface area contributed by atoms with Crippen molar-refractivity contribution >= 4 is 33.6 Å². The zero-order valence-corrected chi connectivity index (χ0v) is 14.4. The molecule has 0 radical (unpaired) electrons. The predicted octanol–water partition coefficient (Wildman–Crippen LogP) is 3.02. The number of carbonyl (C=O) groups excluding carboxylic acids is 1. The molecule has 2 atom stereocenters. The molecule has 1 rings (SSSR count). The van der Waals surface area contributed by atoms with E-state index in [-0.39, 0.29) is 6.54 Å². The summed E-state index contributed by atoms with van der Waals surface area (Å²) in [6.07, 6.45) is -3.03. The van der Waals surface area contributed by atoms with Crippen LogP contribution in [0.3, 0.4) is 0 Å². The summed E-state index contributed by atoms with van der Waals surface area (Å²) in [5.41, 5.74) is -0.176. The summed E-state index contributed by atoms with van der Waals surface area (Å²) in [4.78, 5) is 11.5. The number of hydrogen-bond acceptors (Lipinski definition) is 4. The van der Waals surface area contributed by atoms with Crippen molar-refractivity contribution in [1.82, 2.24) is 5.32 Å². The number of halogens is 2. The molecule has 1 aromatic rings. The predicted molar refractivity (Wildman–Crippen MR) is 84.4 cm³/mol. The van der Waals surface area contributed by atoms with E-state index < -0.39 is 23.9 Å². The van der Waals surface area contributed by atoms with E-state index in [1.165, 1.54) is 0 Å². The van der Waals surface area contributed by atoms with Crippen LogP contribution in [0, 0.1) is 0 Å². The molecular formula is C14H19BrClNO4. The number of aliphatic hydroxyl groups is 2. The summed E-state index contributed by atoms with van der Waals surface area (Å²) in [5.74, 6) is 0. The quantitative estimate of drug-likeness (QED) is 0.750. The number of benzene rings is 1. The van der Waals surface area contributed by atoms with Crippen LogP contribution < -0.4 is 5.32 Å². The van der Waals surface area contributed by atoms with E-state index in [0.29, 0.717) is 15.1 Å². The molecule has 0 heterocycles. The lowest BCUT2D eigenvalue weighted by atomic mass is 10.0. The second-order valence-electron chi connectivity index (χ2n) is 5.56. The fourth-order valence-corrected chi connectivity index (χ4v) is 2.22. The first-order valence-corrected chi connectivity index (χ1v) is 7.55. The molecule has 3 N–H and O–H groups in total. The van der Waals surface area contributed by atoms with Gasteiger partial charge < -0.3 is 20.3 Å². The minimum Gasteiger partial charge on any atom is -0.444 e. The van der Waals surface area contributed by atoms with E-state index in [1.54, 1.807) is 39.0 Å². The van der Waals surface area contributed by atoms with Crippen LogP contribution in [0.1, 0.15) is 32.4 Å². The summed E-state index contributed by atoms with van der Waals surface area (Å²) >= 11 is 9.14. The number of hydrogen-bond donors (Lipinski definition) is 3. The van der Waals surface area contributed by atoms with Crippen LogP contribution in [0.25, 0.3) is 0 Å². The zero-order chi connectivity index (χ0) is 16.2. The van der Waals surface area contributed by atoms with Crippen LogP contribution in [0.5, 0.6) is 0 Å². The number of alkyl carbamates (subject to hydrolysis) is 1. The smallest absolute Gasteiger partial charge is 0.407 e. The highest BCUT2D eigenvalue weighted by Crippen LogP contribution is 2.28. The second-order valence-corrected chi connectivity index (χ2v) is 6.85. The molecule has 0 aliphatic carbocycles. The average molecular weight is 381 g/mol. The summed E-state index contributed by atoms with van der Waals surface area (Å²) in [6.45, 7) is 5.07. The topological polar surface area (TPSA) is 78.8 Å². The standard InChI is InChI=1S/C14H19BrClNO4/c1-14(2,3)21-13(20)17-7-11(18)12(19)9-6-8(16)4-5-10(9)15/h4-6,11-12,18-19H,7H2,1-3H3,(H,17,20). The van der Waals surface area contributed by atoms with Gasteiger partial charge >= 0.3 is 6.09 Å². The van der Waals surface area contributed by atoms with Gasteiger partial charge in [-0.1, -0.05) is 27.5 Å². The lowest BCUT2D eigenvalue weighted by Gasteiger charge is -2.22. The van der Waals surface area contributed by atoms with Crippen LogP contribution in [-0.4, -0.2) is 34.6 Å². The Balaban J connectivity index is 2.61. The molecule has 0 aromatic heterocycles. The third kappa shape index (κ3) is 6.22. The number of carbonyl (C=O) groups is 1. The van der Waals surface area contributed by atoms with E-state index in [9.17, 15) is 15.0 Å². The Morgan fingerprint density at radius 3 is 2.62 bits per heavy atom. The van der Waals surface area contributed by atoms with Crippen molar-refractivity contribution in [3.63, 3.8) is 0 Å². The molecule has 118 valence electrons. The van der Waals surface area contributed by atoms with Gasteiger partial charge in [-0.15, -0.1) is 0 Å². The monoisotopic (exact) mass is 379 g/mol. The molecule has 7 heteroatoms. The normalized spacial score (nSPS) is 14.4. The van der Waals surface area contributed by atoms with Crippen LogP contribution in [0.15, 0.2) is 22.7 Å². The Kier molecular flexibility index (Phi) is 6.46. The Morgan fingerprint density at radius 1 is 1.43 bits per heavy atom. The van der Waals surface area contributed by atoms with Crippen LogP contribution in [-0.2, 0) is 4.74 Å². The van der Waals surface area contributed by atoms with Crippen molar-refractivity contribution in [3.05, 3.63) is 33.3 Å². The minimum absolute atomic E-state index is 0.144. The van der Waals surface area contributed by atoms with Crippen molar-refractivity contribution in [2.45, 2.75) is 38.6 Å². The van der Waals surface area contributed by atoms with E-state index in [0.717, 1.165) is 0 Å². The van der Waals surface area contributed by atoms with Gasteiger partial charge in [-0.2, -0.15) is 0 Å². The van der Waals surface area contributed by atoms with Gasteiger partial charge in [0, 0.05) is 16.0 Å². The highest BCUT2D eigenvalue weighted by molar-refractivity contribution is 9.10. The average Bonchev–Trinajstić information content (AvgIpc) is 2.36. The van der Waals surface area contributed by atoms with Crippen LogP contribution >= 0.6 is 27.5 Å². The van der Waals surface area contributed by atoms with Crippen molar-refractivity contribution in [1.29, 1.82) is 0 Å². The molecular weight excluding hydrogens is 362 g/mol. The molecule has 5 nitrogen and oxygen atoms in total. The highest BCUT2D eigenvalue weighted by atomic mass is 79.9. The Hall–Kier alpha value is -0.820. The maximum absolute atomic E-state index is 11.5. The van der Waals surface area contributed by atoms with Crippen molar-refractivity contribution < 1.29 is 19.7 Å². The van der Waals surface area contributed by atoms with Gasteiger partial charge in [0.15, 0.2) is 0 Å². The molecule has 0 aliphatic heterocycles. The molecule has 0 spiro atoms. The molecule has 0 fully saturated rings. The minimum atomic E-state index is -1.19. The number of rotatable bonds is 4. The van der Waals surface area contributed by atoms with Gasteiger partial charge in [-0.25, -0.2) is 4.79 Å². The number of aliphatic hydroxyl groups excluding tert-OH is 2. The Morgan fingerprint density at radius 2 is 2.05 bits per heavy atom. The molecule has 2 unspecified atom stereocenters. The molecule has 0 aliphatic rings. The van der Waals surface area contributed by atoms with Gasteiger partial charge in [-0.05, 0) is 44.5 Å². The highest BCUT2D eigenvalue weighted by Gasteiger charge is 2.23. The van der Waals surface area contributed by atoms with Crippen molar-refractivity contribution in [2.24, 2.45) is 0 Å². The zero-order valence-electron chi connectivity index (χ0n) is 12.1. The van der Waals surface area contributed by atoms with Crippen LogP contribution in [0.4, 0.5) is 4.79 Å². The molecule has 1 aromatic carbocycles. The van der Waals surface area contributed by atoms with Crippen LogP contribution in [0.2, 0.25) is 5.02 Å². The van der Waals surface area contributed by atoms with Crippen molar-refractivity contribution in [3.8, 4) is 0 Å². The lowest BCUT2D eigenvalue weighted by molar-refractivity contribution is 0.0126. The Labute approximate surface area is 137 Å². The van der Waals surface area contributed by atoms with Gasteiger partial charge in [0.1, 0.15) is 17.8 Å². The maximum Gasteiger partial charge on any atom is 0.407 e. The van der Waals surface area contributed by atoms with Crippen molar-refractivity contribution in [2.75, 3.05) is 6.54 Å². The number of nitrogens with one attached hydrogen (secondary N) is 1. The maximum atomic E-state index is 11.5. The van der Waals surface area contributed by atoms with E-state index >= 15 is 0 Å². The summed E-state index contributed by atoms with van der Waals surface area (Å²) < 4.78 is 5.66. The van der Waals surface area contributed by atoms with Gasteiger partial charge in [0.25, 0.3) is 0 Å². The first-order chi connectivity index (χ1) is 9.60. The molecule has 0 saturated carbocycles. The fraction of sp³-hybridized carbons (Fsp3) is 0.500. The van der Waals surface area contributed by atoms with Gasteiger partial charge in [0.2, 0.25) is 0 Å². The van der Waals surface area contributed by atoms with Gasteiger partial charge in [-0.3, -0.25) is 0 Å². The van der Waals surface area contributed by atoms with E-state index in [4.69, 9.17) is 16.3 Å². The molecule has 1 amide bonds.